The van der Waals surface area contributed by atoms with Gasteiger partial charge < -0.3 is 19.3 Å². The number of benzene rings is 2. The minimum atomic E-state index is -1.00. The minimum absolute atomic E-state index is 0.0292. The Morgan fingerprint density at radius 3 is 1.81 bits per heavy atom. The van der Waals surface area contributed by atoms with E-state index in [1.807, 2.05) is 60.7 Å². The van der Waals surface area contributed by atoms with Crippen molar-refractivity contribution in [3.05, 3.63) is 71.8 Å². The number of esters is 1. The number of carbonyl (C=O) groups is 1. The van der Waals surface area contributed by atoms with E-state index in [-0.39, 0.29) is 19.3 Å². The zero-order chi connectivity index (χ0) is 19.5. The van der Waals surface area contributed by atoms with Crippen molar-refractivity contribution in [2.24, 2.45) is 5.92 Å². The molecule has 0 saturated heterocycles. The lowest BCUT2D eigenvalue weighted by atomic mass is 10.0. The lowest BCUT2D eigenvalue weighted by Gasteiger charge is -2.22. The van der Waals surface area contributed by atoms with Crippen molar-refractivity contribution in [3.8, 4) is 0 Å². The fourth-order valence-electron chi connectivity index (χ4n) is 2.52. The zero-order valence-corrected chi connectivity index (χ0v) is 15.9. The summed E-state index contributed by atoms with van der Waals surface area (Å²) in [6, 6.07) is 19.3. The summed E-state index contributed by atoms with van der Waals surface area (Å²) < 4.78 is 16.5. The number of aliphatic hydroxyl groups excluding tert-OH is 1. The molecule has 5 nitrogen and oxygen atoms in total. The van der Waals surface area contributed by atoms with Crippen LogP contribution >= 0.6 is 0 Å². The van der Waals surface area contributed by atoms with Crippen LogP contribution < -0.4 is 0 Å². The SMILES string of the molecule is CC(C)OC(=O)[C@@H](COCc1ccccc1)[C@@H](O)COCc1ccccc1. The van der Waals surface area contributed by atoms with Crippen molar-refractivity contribution in [3.63, 3.8) is 0 Å². The Kier molecular flexibility index (Phi) is 8.98. The second kappa shape index (κ2) is 11.5. The van der Waals surface area contributed by atoms with Crippen LogP contribution in [0.25, 0.3) is 0 Å². The highest BCUT2D eigenvalue weighted by atomic mass is 16.5. The van der Waals surface area contributed by atoms with Crippen molar-refractivity contribution in [1.29, 1.82) is 0 Å². The summed E-state index contributed by atoms with van der Waals surface area (Å²) in [5.74, 6) is -1.28. The number of hydrogen-bond donors (Lipinski definition) is 1. The highest BCUT2D eigenvalue weighted by Gasteiger charge is 2.29. The van der Waals surface area contributed by atoms with E-state index >= 15 is 0 Å². The molecule has 0 heterocycles. The zero-order valence-electron chi connectivity index (χ0n) is 15.9. The van der Waals surface area contributed by atoms with E-state index in [4.69, 9.17) is 14.2 Å². The molecule has 0 spiro atoms. The molecular weight excluding hydrogens is 344 g/mol. The van der Waals surface area contributed by atoms with Gasteiger partial charge in [0.2, 0.25) is 0 Å². The summed E-state index contributed by atoms with van der Waals surface area (Å²) in [7, 11) is 0. The van der Waals surface area contributed by atoms with Crippen molar-refractivity contribution < 1.29 is 24.1 Å². The van der Waals surface area contributed by atoms with Crippen molar-refractivity contribution in [2.75, 3.05) is 13.2 Å². The van der Waals surface area contributed by atoms with E-state index in [1.165, 1.54) is 0 Å². The average molecular weight is 372 g/mol. The van der Waals surface area contributed by atoms with Gasteiger partial charge in [0.05, 0.1) is 38.6 Å². The molecule has 0 unspecified atom stereocenters. The van der Waals surface area contributed by atoms with Gasteiger partial charge in [0, 0.05) is 0 Å². The van der Waals surface area contributed by atoms with Crippen molar-refractivity contribution >= 4 is 5.97 Å². The fourth-order valence-corrected chi connectivity index (χ4v) is 2.52. The van der Waals surface area contributed by atoms with E-state index in [0.29, 0.717) is 13.2 Å². The predicted octanol–water partition coefficient (Wildman–Crippen LogP) is 3.35. The normalized spacial score (nSPS) is 13.3. The van der Waals surface area contributed by atoms with Crippen LogP contribution in [0.15, 0.2) is 60.7 Å². The molecule has 0 aromatic heterocycles. The first-order valence-electron chi connectivity index (χ1n) is 9.18. The van der Waals surface area contributed by atoms with E-state index in [2.05, 4.69) is 0 Å². The van der Waals surface area contributed by atoms with Gasteiger partial charge >= 0.3 is 5.97 Å². The van der Waals surface area contributed by atoms with Gasteiger partial charge in [-0.25, -0.2) is 0 Å². The Morgan fingerprint density at radius 1 is 0.852 bits per heavy atom. The van der Waals surface area contributed by atoms with Crippen molar-refractivity contribution in [2.45, 2.75) is 39.3 Å². The van der Waals surface area contributed by atoms with Gasteiger partial charge in [-0.2, -0.15) is 0 Å². The third-order valence-electron chi connectivity index (χ3n) is 3.93. The summed E-state index contributed by atoms with van der Waals surface area (Å²) >= 11 is 0. The predicted molar refractivity (Wildman–Crippen MR) is 103 cm³/mol. The van der Waals surface area contributed by atoms with Gasteiger partial charge in [0.15, 0.2) is 0 Å². The fraction of sp³-hybridized carbons (Fsp3) is 0.409. The topological polar surface area (TPSA) is 65.0 Å². The molecule has 0 saturated carbocycles. The summed E-state index contributed by atoms with van der Waals surface area (Å²) in [5.41, 5.74) is 2.01. The van der Waals surface area contributed by atoms with Gasteiger partial charge in [-0.3, -0.25) is 4.79 Å². The van der Waals surface area contributed by atoms with Crippen LogP contribution in [0.2, 0.25) is 0 Å². The highest BCUT2D eigenvalue weighted by Crippen LogP contribution is 2.13. The minimum Gasteiger partial charge on any atom is -0.463 e. The first-order valence-corrected chi connectivity index (χ1v) is 9.18. The Bertz CT molecular complexity index is 657. The molecule has 0 aliphatic carbocycles. The van der Waals surface area contributed by atoms with Crippen LogP contribution in [0.5, 0.6) is 0 Å². The molecule has 2 atom stereocenters. The Balaban J connectivity index is 1.86. The summed E-state index contributed by atoms with van der Waals surface area (Å²) in [5, 5.41) is 10.5. The number of rotatable bonds is 11. The van der Waals surface area contributed by atoms with Crippen LogP contribution in [0.3, 0.4) is 0 Å². The van der Waals surface area contributed by atoms with Gasteiger partial charge in [-0.1, -0.05) is 60.7 Å². The highest BCUT2D eigenvalue weighted by molar-refractivity contribution is 5.73. The van der Waals surface area contributed by atoms with Crippen LogP contribution in [0, 0.1) is 5.92 Å². The maximum Gasteiger partial charge on any atom is 0.314 e. The lowest BCUT2D eigenvalue weighted by Crippen LogP contribution is -2.37. The molecule has 0 amide bonds. The first-order chi connectivity index (χ1) is 13.1. The second-order valence-corrected chi connectivity index (χ2v) is 6.66. The molecule has 1 N–H and O–H groups in total. The monoisotopic (exact) mass is 372 g/mol. The summed E-state index contributed by atoms with van der Waals surface area (Å²) in [6.07, 6.45) is -1.26. The molecule has 27 heavy (non-hydrogen) atoms. The lowest BCUT2D eigenvalue weighted by molar-refractivity contribution is -0.162. The molecule has 0 aliphatic heterocycles. The second-order valence-electron chi connectivity index (χ2n) is 6.66. The Labute approximate surface area is 160 Å². The van der Waals surface area contributed by atoms with Crippen LogP contribution in [-0.2, 0) is 32.2 Å². The molecule has 2 aromatic carbocycles. The quantitative estimate of drug-likeness (QED) is 0.613. The van der Waals surface area contributed by atoms with E-state index in [0.717, 1.165) is 11.1 Å². The van der Waals surface area contributed by atoms with Crippen LogP contribution in [-0.4, -0.2) is 36.5 Å². The van der Waals surface area contributed by atoms with Crippen molar-refractivity contribution in [1.82, 2.24) is 0 Å². The number of ether oxygens (including phenoxy) is 3. The standard InChI is InChI=1S/C22H28O5/c1-17(2)27-22(24)20(15-25-13-18-9-5-3-6-10-18)21(23)16-26-14-19-11-7-4-8-12-19/h3-12,17,20-21,23H,13-16H2,1-2H3/t20-,21-/m0/s1. The molecular formula is C22H28O5. The van der Waals surface area contributed by atoms with Gasteiger partial charge in [0.25, 0.3) is 0 Å². The van der Waals surface area contributed by atoms with Gasteiger partial charge in [-0.15, -0.1) is 0 Å². The smallest absolute Gasteiger partial charge is 0.314 e. The Hall–Kier alpha value is -2.21. The third-order valence-corrected chi connectivity index (χ3v) is 3.93. The molecule has 2 rings (SSSR count). The molecule has 5 heteroatoms. The average Bonchev–Trinajstić information content (AvgIpc) is 2.66. The van der Waals surface area contributed by atoms with E-state index in [1.54, 1.807) is 13.8 Å². The van der Waals surface area contributed by atoms with Gasteiger partial charge in [-0.05, 0) is 25.0 Å². The Morgan fingerprint density at radius 2 is 1.33 bits per heavy atom. The van der Waals surface area contributed by atoms with E-state index < -0.39 is 18.0 Å². The molecule has 0 fully saturated rings. The maximum atomic E-state index is 12.4. The molecule has 0 radical (unpaired) electrons. The number of aliphatic hydroxyl groups is 1. The number of hydrogen-bond acceptors (Lipinski definition) is 5. The molecule has 146 valence electrons. The van der Waals surface area contributed by atoms with Crippen LogP contribution in [0.4, 0.5) is 0 Å². The molecule has 2 aromatic rings. The maximum absolute atomic E-state index is 12.4. The third kappa shape index (κ3) is 7.91. The van der Waals surface area contributed by atoms with Gasteiger partial charge in [0.1, 0.15) is 5.92 Å². The first kappa shape index (κ1) is 21.1. The van der Waals surface area contributed by atoms with Crippen LogP contribution in [0.1, 0.15) is 25.0 Å². The summed E-state index contributed by atoms with van der Waals surface area (Å²) in [6.45, 7) is 4.38. The molecule has 0 aliphatic rings. The molecule has 0 bridgehead atoms. The number of carbonyl (C=O) groups excluding carboxylic acids is 1. The summed E-state index contributed by atoms with van der Waals surface area (Å²) in [4.78, 5) is 12.4. The largest absolute Gasteiger partial charge is 0.463 e. The van der Waals surface area contributed by atoms with E-state index in [9.17, 15) is 9.90 Å².